The molecular weight excluding hydrogens is 502 g/mol. The number of hydrogen-bond donors (Lipinski definition) is 1. The second-order valence-corrected chi connectivity index (χ2v) is 13.2. The molecule has 2 aliphatic heterocycles. The van der Waals surface area contributed by atoms with Crippen LogP contribution in [0.5, 0.6) is 0 Å². The maximum absolute atomic E-state index is 13.0. The molecule has 2 aliphatic rings. The molecule has 9 nitrogen and oxygen atoms in total. The molecule has 2 unspecified atom stereocenters. The summed E-state index contributed by atoms with van der Waals surface area (Å²) in [5, 5.41) is 3.01. The van der Waals surface area contributed by atoms with Crippen molar-refractivity contribution in [3.05, 3.63) is 54.1 Å². The lowest BCUT2D eigenvalue weighted by Gasteiger charge is -2.34. The highest BCUT2D eigenvalue weighted by molar-refractivity contribution is 7.89. The van der Waals surface area contributed by atoms with E-state index in [1.54, 1.807) is 12.1 Å². The summed E-state index contributed by atoms with van der Waals surface area (Å²) >= 11 is 0. The fourth-order valence-corrected chi connectivity index (χ4v) is 7.68. The van der Waals surface area contributed by atoms with E-state index in [0.717, 1.165) is 19.3 Å². The second-order valence-electron chi connectivity index (χ2n) is 9.37. The van der Waals surface area contributed by atoms with Crippen LogP contribution in [0.1, 0.15) is 43.5 Å². The molecule has 2 aromatic carbocycles. The first-order valence-corrected chi connectivity index (χ1v) is 15.1. The van der Waals surface area contributed by atoms with Crippen molar-refractivity contribution in [3.8, 4) is 0 Å². The molecule has 0 aliphatic carbocycles. The first kappa shape index (κ1) is 26.7. The van der Waals surface area contributed by atoms with E-state index in [-0.39, 0.29) is 34.3 Å². The first-order valence-electron chi connectivity index (χ1n) is 12.2. The largest absolute Gasteiger partial charge is 0.378 e. The number of anilines is 1. The lowest BCUT2D eigenvalue weighted by molar-refractivity contribution is -0.0440. The number of benzene rings is 2. The number of rotatable bonds is 8. The molecule has 2 saturated heterocycles. The smallest absolute Gasteiger partial charge is 0.243 e. The van der Waals surface area contributed by atoms with Gasteiger partial charge >= 0.3 is 0 Å². The van der Waals surface area contributed by atoms with Crippen molar-refractivity contribution in [1.82, 2.24) is 8.61 Å². The Hall–Kier alpha value is -2.31. The number of sulfonamides is 2. The molecule has 2 heterocycles. The number of piperidine rings is 1. The Labute approximate surface area is 213 Å². The van der Waals surface area contributed by atoms with Crippen LogP contribution in [0, 0.1) is 0 Å². The maximum Gasteiger partial charge on any atom is 0.243 e. The molecule has 0 amide bonds. The molecule has 0 aromatic heterocycles. The molecule has 0 spiro atoms. The number of morpholine rings is 1. The molecule has 1 N–H and O–H groups in total. The second kappa shape index (κ2) is 11.0. The zero-order valence-corrected chi connectivity index (χ0v) is 22.2. The van der Waals surface area contributed by atoms with Gasteiger partial charge in [-0.25, -0.2) is 16.8 Å². The van der Waals surface area contributed by atoms with Crippen molar-refractivity contribution in [2.24, 2.45) is 0 Å². The van der Waals surface area contributed by atoms with Gasteiger partial charge in [0.2, 0.25) is 20.0 Å². The number of hydrogen-bond acceptors (Lipinski definition) is 7. The third kappa shape index (κ3) is 5.97. The molecule has 36 heavy (non-hydrogen) atoms. The summed E-state index contributed by atoms with van der Waals surface area (Å²) in [6.45, 7) is 5.35. The zero-order valence-electron chi connectivity index (χ0n) is 20.6. The predicted octanol–water partition coefficient (Wildman–Crippen LogP) is 2.95. The van der Waals surface area contributed by atoms with Gasteiger partial charge in [-0.1, -0.05) is 6.42 Å². The van der Waals surface area contributed by atoms with Gasteiger partial charge in [0.1, 0.15) is 0 Å². The van der Waals surface area contributed by atoms with Crippen LogP contribution in [-0.4, -0.2) is 76.2 Å². The minimum Gasteiger partial charge on any atom is -0.378 e. The minimum atomic E-state index is -3.64. The SMILES string of the molecule is CC1CN(S(=O)(=O)c2ccc(NCC(=O)c3ccc(S(=O)(=O)N4CCCCC4)cc3)cc2)CC(C)O1. The standard InChI is InChI=1S/C25H33N3O6S2/c1-19-17-28(18-20(2)34-19)36(32,33)24-12-8-22(9-13-24)26-16-25(29)21-6-10-23(11-7-21)35(30,31)27-14-4-3-5-15-27/h6-13,19-20,26H,3-5,14-18H2,1-2H3. The number of nitrogens with one attached hydrogen (secondary N) is 1. The van der Waals surface area contributed by atoms with Gasteiger partial charge in [-0.05, 0) is 75.2 Å². The van der Waals surface area contributed by atoms with Gasteiger partial charge in [0.25, 0.3) is 0 Å². The van der Waals surface area contributed by atoms with Gasteiger partial charge in [-0.2, -0.15) is 8.61 Å². The van der Waals surface area contributed by atoms with Crippen molar-refractivity contribution >= 4 is 31.5 Å². The normalized spacial score (nSPS) is 22.3. The molecule has 2 fully saturated rings. The van der Waals surface area contributed by atoms with Crippen molar-refractivity contribution in [2.45, 2.75) is 55.1 Å². The average molecular weight is 536 g/mol. The molecule has 0 radical (unpaired) electrons. The molecule has 0 bridgehead atoms. The van der Waals surface area contributed by atoms with Crippen LogP contribution in [0.2, 0.25) is 0 Å². The average Bonchev–Trinajstić information content (AvgIpc) is 2.87. The lowest BCUT2D eigenvalue weighted by Crippen LogP contribution is -2.48. The van der Waals surface area contributed by atoms with Crippen LogP contribution in [0.25, 0.3) is 0 Å². The van der Waals surface area contributed by atoms with Crippen molar-refractivity contribution in [1.29, 1.82) is 0 Å². The molecule has 196 valence electrons. The van der Waals surface area contributed by atoms with Crippen LogP contribution >= 0.6 is 0 Å². The summed E-state index contributed by atoms with van der Waals surface area (Å²) < 4.78 is 60.1. The lowest BCUT2D eigenvalue weighted by atomic mass is 10.1. The van der Waals surface area contributed by atoms with Crippen LogP contribution in [0.15, 0.2) is 58.3 Å². The molecule has 4 rings (SSSR count). The minimum absolute atomic E-state index is 0.0111. The van der Waals surface area contributed by atoms with Crippen LogP contribution < -0.4 is 5.32 Å². The van der Waals surface area contributed by atoms with E-state index in [4.69, 9.17) is 4.74 Å². The topological polar surface area (TPSA) is 113 Å². The quantitative estimate of drug-likeness (QED) is 0.517. The van der Waals surface area contributed by atoms with Gasteiger partial charge < -0.3 is 10.1 Å². The molecule has 11 heteroatoms. The van der Waals surface area contributed by atoms with E-state index in [1.165, 1.54) is 45.0 Å². The Morgan fingerprint density at radius 3 is 1.86 bits per heavy atom. The van der Waals surface area contributed by atoms with Crippen molar-refractivity contribution in [2.75, 3.05) is 38.0 Å². The predicted molar refractivity (Wildman–Crippen MR) is 137 cm³/mol. The third-order valence-corrected chi connectivity index (χ3v) is 10.2. The molecule has 2 aromatic rings. The Balaban J connectivity index is 1.36. The van der Waals surface area contributed by atoms with E-state index in [1.807, 2.05) is 13.8 Å². The summed E-state index contributed by atoms with van der Waals surface area (Å²) in [5.41, 5.74) is 1.00. The van der Waals surface area contributed by atoms with Gasteiger partial charge in [0, 0.05) is 37.4 Å². The fourth-order valence-electron chi connectivity index (χ4n) is 4.57. The maximum atomic E-state index is 13.0. The summed E-state index contributed by atoms with van der Waals surface area (Å²) in [6, 6.07) is 12.3. The van der Waals surface area contributed by atoms with E-state index >= 15 is 0 Å². The molecule has 0 saturated carbocycles. The summed E-state index contributed by atoms with van der Waals surface area (Å²) in [7, 11) is -7.18. The monoisotopic (exact) mass is 535 g/mol. The highest BCUT2D eigenvalue weighted by Gasteiger charge is 2.32. The Morgan fingerprint density at radius 1 is 0.806 bits per heavy atom. The van der Waals surface area contributed by atoms with Gasteiger partial charge in [0.15, 0.2) is 5.78 Å². The van der Waals surface area contributed by atoms with Crippen molar-refractivity contribution < 1.29 is 26.4 Å². The highest BCUT2D eigenvalue weighted by Crippen LogP contribution is 2.23. The summed E-state index contributed by atoms with van der Waals surface area (Å²) in [6.07, 6.45) is 2.42. The molecule has 2 atom stereocenters. The number of Topliss-reactive ketones (excluding diaryl/α,β-unsaturated/α-hetero) is 1. The van der Waals surface area contributed by atoms with Crippen LogP contribution in [0.4, 0.5) is 5.69 Å². The summed E-state index contributed by atoms with van der Waals surface area (Å²) in [5.74, 6) is -0.204. The highest BCUT2D eigenvalue weighted by atomic mass is 32.2. The Bertz CT molecular complexity index is 1260. The Kier molecular flexibility index (Phi) is 8.15. The number of carbonyl (C=O) groups is 1. The number of ketones is 1. The van der Waals surface area contributed by atoms with E-state index in [9.17, 15) is 21.6 Å². The number of nitrogens with zero attached hydrogens (tertiary/aromatic N) is 2. The van der Waals surface area contributed by atoms with E-state index in [0.29, 0.717) is 37.4 Å². The van der Waals surface area contributed by atoms with E-state index < -0.39 is 20.0 Å². The first-order chi connectivity index (χ1) is 17.1. The van der Waals surface area contributed by atoms with E-state index in [2.05, 4.69) is 5.32 Å². The molecular formula is C25H33N3O6S2. The van der Waals surface area contributed by atoms with Crippen LogP contribution in [0.3, 0.4) is 0 Å². The van der Waals surface area contributed by atoms with Crippen LogP contribution in [-0.2, 0) is 24.8 Å². The van der Waals surface area contributed by atoms with Crippen molar-refractivity contribution in [3.63, 3.8) is 0 Å². The summed E-state index contributed by atoms with van der Waals surface area (Å²) in [4.78, 5) is 13.0. The Morgan fingerprint density at radius 2 is 1.31 bits per heavy atom. The zero-order chi connectivity index (χ0) is 25.9. The van der Waals surface area contributed by atoms with Gasteiger partial charge in [-0.15, -0.1) is 0 Å². The number of ether oxygens (including phenoxy) is 1. The van der Waals surface area contributed by atoms with Gasteiger partial charge in [0.05, 0.1) is 28.5 Å². The fraction of sp³-hybridized carbons (Fsp3) is 0.480. The third-order valence-electron chi connectivity index (χ3n) is 6.46. The van der Waals surface area contributed by atoms with Gasteiger partial charge in [-0.3, -0.25) is 4.79 Å². The number of carbonyl (C=O) groups excluding carboxylic acids is 1.